The molecule has 5 N–H and O–H groups in total. The lowest BCUT2D eigenvalue weighted by Crippen LogP contribution is -2.41. The zero-order chi connectivity index (χ0) is 31.7. The Labute approximate surface area is 253 Å². The first-order valence-electron chi connectivity index (χ1n) is 14.9. The molecule has 0 saturated heterocycles. The number of carbonyl (C=O) groups is 5. The van der Waals surface area contributed by atoms with Crippen LogP contribution in [0.1, 0.15) is 81.5 Å². The molecule has 0 spiro atoms. The standard InChI is InChI=1S/C30H47N3O10/c1-2-31-28(36)22-42-21-20-41-19-17-32-26(34)16-15-25(30(39)40)33-27(35)10-8-6-4-3-5-7-9-18-43-24-13-11-23(12-14-24)29(37)38/h11-14,25H,2-10,15-22H2,1H3,(H,31,36)(H,32,34)(H,33,35)(H,37,38)(H,39,40)/t25-/m0/s1. The van der Waals surface area contributed by atoms with Crippen molar-refractivity contribution in [3.63, 3.8) is 0 Å². The minimum absolute atomic E-state index is 0.0151. The van der Waals surface area contributed by atoms with Crippen molar-refractivity contribution in [1.29, 1.82) is 0 Å². The third-order valence-corrected chi connectivity index (χ3v) is 6.26. The smallest absolute Gasteiger partial charge is 0.335 e. The van der Waals surface area contributed by atoms with Gasteiger partial charge in [0.05, 0.1) is 32.0 Å². The van der Waals surface area contributed by atoms with Gasteiger partial charge in [-0.1, -0.05) is 32.1 Å². The van der Waals surface area contributed by atoms with Gasteiger partial charge in [-0.25, -0.2) is 9.59 Å². The predicted molar refractivity (Wildman–Crippen MR) is 158 cm³/mol. The zero-order valence-corrected chi connectivity index (χ0v) is 25.1. The summed E-state index contributed by atoms with van der Waals surface area (Å²) in [5, 5.41) is 26.1. The van der Waals surface area contributed by atoms with E-state index in [1.807, 2.05) is 6.92 Å². The van der Waals surface area contributed by atoms with Gasteiger partial charge in [0.25, 0.3) is 0 Å². The Hall–Kier alpha value is -3.71. The topological polar surface area (TPSA) is 190 Å². The Kier molecular flexibility index (Phi) is 20.7. The second-order valence-corrected chi connectivity index (χ2v) is 9.87. The van der Waals surface area contributed by atoms with E-state index in [1.54, 1.807) is 12.1 Å². The normalized spacial score (nSPS) is 11.4. The summed E-state index contributed by atoms with van der Waals surface area (Å²) in [6.45, 7) is 3.89. The fraction of sp³-hybridized carbons (Fsp3) is 0.633. The molecule has 0 aromatic heterocycles. The van der Waals surface area contributed by atoms with E-state index in [2.05, 4.69) is 16.0 Å². The average molecular weight is 610 g/mol. The molecule has 1 aromatic carbocycles. The van der Waals surface area contributed by atoms with Crippen molar-refractivity contribution < 1.29 is 48.4 Å². The van der Waals surface area contributed by atoms with Crippen molar-refractivity contribution in [1.82, 2.24) is 16.0 Å². The number of aromatic carboxylic acids is 1. The summed E-state index contributed by atoms with van der Waals surface area (Å²) in [6, 6.07) is 5.19. The van der Waals surface area contributed by atoms with Crippen molar-refractivity contribution >= 4 is 29.7 Å². The van der Waals surface area contributed by atoms with Crippen LogP contribution in [0.3, 0.4) is 0 Å². The molecule has 0 aliphatic heterocycles. The van der Waals surface area contributed by atoms with Crippen molar-refractivity contribution in [2.75, 3.05) is 46.1 Å². The molecule has 0 aliphatic rings. The molecule has 3 amide bonds. The number of nitrogens with one attached hydrogen (secondary N) is 3. The first kappa shape index (κ1) is 37.3. The van der Waals surface area contributed by atoms with Crippen LogP contribution in [0.25, 0.3) is 0 Å². The summed E-state index contributed by atoms with van der Waals surface area (Å²) in [5.41, 5.74) is 0.223. The van der Waals surface area contributed by atoms with E-state index in [0.29, 0.717) is 25.3 Å². The number of unbranched alkanes of at least 4 members (excludes halogenated alkanes) is 6. The number of hydrogen-bond donors (Lipinski definition) is 5. The van der Waals surface area contributed by atoms with Gasteiger partial charge in [0, 0.05) is 25.9 Å². The lowest BCUT2D eigenvalue weighted by Gasteiger charge is -2.14. The van der Waals surface area contributed by atoms with Crippen LogP contribution in [0.2, 0.25) is 0 Å². The van der Waals surface area contributed by atoms with Crippen molar-refractivity contribution in [2.45, 2.75) is 77.2 Å². The molecule has 0 aliphatic carbocycles. The largest absolute Gasteiger partial charge is 0.494 e. The molecule has 13 nitrogen and oxygen atoms in total. The van der Waals surface area contributed by atoms with Crippen molar-refractivity contribution in [2.24, 2.45) is 0 Å². The van der Waals surface area contributed by atoms with Gasteiger partial charge in [-0.3, -0.25) is 14.4 Å². The van der Waals surface area contributed by atoms with Gasteiger partial charge in [-0.15, -0.1) is 0 Å². The van der Waals surface area contributed by atoms with Gasteiger partial charge in [0.1, 0.15) is 18.4 Å². The Morgan fingerprint density at radius 3 is 2.02 bits per heavy atom. The van der Waals surface area contributed by atoms with Gasteiger partial charge in [0.15, 0.2) is 0 Å². The molecule has 242 valence electrons. The van der Waals surface area contributed by atoms with E-state index in [9.17, 15) is 29.1 Å². The second-order valence-electron chi connectivity index (χ2n) is 9.87. The van der Waals surface area contributed by atoms with Crippen LogP contribution in [0, 0.1) is 0 Å². The summed E-state index contributed by atoms with van der Waals surface area (Å²) in [6.07, 6.45) is 6.62. The lowest BCUT2D eigenvalue weighted by atomic mass is 10.1. The number of rotatable bonds is 26. The molecule has 1 rings (SSSR count). The number of carboxylic acids is 2. The fourth-order valence-electron chi connectivity index (χ4n) is 3.94. The molecule has 0 bridgehead atoms. The lowest BCUT2D eigenvalue weighted by molar-refractivity contribution is -0.142. The molecule has 43 heavy (non-hydrogen) atoms. The Balaban J connectivity index is 2.02. The van der Waals surface area contributed by atoms with E-state index in [-0.39, 0.29) is 75.5 Å². The van der Waals surface area contributed by atoms with Crippen LogP contribution < -0.4 is 20.7 Å². The fourth-order valence-corrected chi connectivity index (χ4v) is 3.94. The van der Waals surface area contributed by atoms with Crippen LogP contribution >= 0.6 is 0 Å². The van der Waals surface area contributed by atoms with Crippen LogP contribution in [0.4, 0.5) is 0 Å². The third kappa shape index (κ3) is 19.9. The minimum atomic E-state index is -1.18. The highest BCUT2D eigenvalue weighted by atomic mass is 16.5. The summed E-state index contributed by atoms with van der Waals surface area (Å²) in [7, 11) is 0. The summed E-state index contributed by atoms with van der Waals surface area (Å²) < 4.78 is 16.1. The highest BCUT2D eigenvalue weighted by Crippen LogP contribution is 2.14. The number of likely N-dealkylation sites (N-methyl/N-ethyl adjacent to an activating group) is 1. The summed E-state index contributed by atoms with van der Waals surface area (Å²) >= 11 is 0. The number of aliphatic carboxylic acids is 1. The Bertz CT molecular complexity index is 971. The molecule has 1 atom stereocenters. The average Bonchev–Trinajstić information content (AvgIpc) is 2.97. The van der Waals surface area contributed by atoms with E-state index >= 15 is 0 Å². The van der Waals surface area contributed by atoms with E-state index in [4.69, 9.17) is 19.3 Å². The predicted octanol–water partition coefficient (Wildman–Crippen LogP) is 2.52. The second kappa shape index (κ2) is 23.8. The number of benzene rings is 1. The Morgan fingerprint density at radius 2 is 1.37 bits per heavy atom. The van der Waals surface area contributed by atoms with Crippen LogP contribution in [0.15, 0.2) is 24.3 Å². The molecule has 0 saturated carbocycles. The number of carbonyl (C=O) groups excluding carboxylic acids is 3. The van der Waals surface area contributed by atoms with Gasteiger partial charge in [0.2, 0.25) is 17.7 Å². The summed E-state index contributed by atoms with van der Waals surface area (Å²) in [5.74, 6) is -2.38. The quantitative estimate of drug-likeness (QED) is 0.0976. The maximum absolute atomic E-state index is 12.2. The minimum Gasteiger partial charge on any atom is -0.494 e. The molecule has 0 heterocycles. The number of carboxylic acid groups (broad SMARTS) is 2. The number of amides is 3. The molecule has 0 unspecified atom stereocenters. The summed E-state index contributed by atoms with van der Waals surface area (Å²) in [4.78, 5) is 57.8. The number of ether oxygens (including phenoxy) is 3. The van der Waals surface area contributed by atoms with Gasteiger partial charge < -0.3 is 40.4 Å². The SMILES string of the molecule is CCNC(=O)COCCOCCNC(=O)CC[C@H](NC(=O)CCCCCCCCCOc1ccc(C(=O)O)cc1)C(=O)O. The number of hydrogen-bond acceptors (Lipinski definition) is 8. The van der Waals surface area contributed by atoms with E-state index in [0.717, 1.165) is 38.5 Å². The maximum Gasteiger partial charge on any atom is 0.335 e. The highest BCUT2D eigenvalue weighted by Gasteiger charge is 2.20. The molecule has 0 radical (unpaired) electrons. The van der Waals surface area contributed by atoms with Crippen LogP contribution in [0.5, 0.6) is 5.75 Å². The molecular weight excluding hydrogens is 562 g/mol. The van der Waals surface area contributed by atoms with Crippen LogP contribution in [-0.2, 0) is 28.7 Å². The molecule has 0 fully saturated rings. The molecule has 1 aromatic rings. The van der Waals surface area contributed by atoms with Gasteiger partial charge in [-0.05, 0) is 50.5 Å². The highest BCUT2D eigenvalue weighted by molar-refractivity contribution is 5.87. The van der Waals surface area contributed by atoms with E-state index in [1.165, 1.54) is 12.1 Å². The monoisotopic (exact) mass is 609 g/mol. The van der Waals surface area contributed by atoms with Crippen molar-refractivity contribution in [3.05, 3.63) is 29.8 Å². The zero-order valence-electron chi connectivity index (χ0n) is 25.1. The Morgan fingerprint density at radius 1 is 0.721 bits per heavy atom. The maximum atomic E-state index is 12.2. The first-order chi connectivity index (χ1) is 20.7. The van der Waals surface area contributed by atoms with E-state index < -0.39 is 18.0 Å². The van der Waals surface area contributed by atoms with Crippen LogP contribution in [-0.4, -0.2) is 92.0 Å². The third-order valence-electron chi connectivity index (χ3n) is 6.26. The van der Waals surface area contributed by atoms with Gasteiger partial charge in [-0.2, -0.15) is 0 Å². The van der Waals surface area contributed by atoms with Gasteiger partial charge >= 0.3 is 11.9 Å². The molecular formula is C30H47N3O10. The molecule has 13 heteroatoms. The first-order valence-corrected chi connectivity index (χ1v) is 14.9. The van der Waals surface area contributed by atoms with Crippen molar-refractivity contribution in [3.8, 4) is 5.75 Å².